The summed E-state index contributed by atoms with van der Waals surface area (Å²) in [7, 11) is 0. The van der Waals surface area contributed by atoms with Crippen molar-refractivity contribution in [2.75, 3.05) is 11.5 Å². The molecule has 43 heavy (non-hydrogen) atoms. The first-order chi connectivity index (χ1) is 21.2. The zero-order valence-corrected chi connectivity index (χ0v) is 23.9. The van der Waals surface area contributed by atoms with E-state index in [1.807, 2.05) is 42.5 Å². The average molecular weight is 568 g/mol. The van der Waals surface area contributed by atoms with Crippen LogP contribution in [0, 0.1) is 0 Å². The highest BCUT2D eigenvalue weighted by molar-refractivity contribution is 5.79. The van der Waals surface area contributed by atoms with Crippen LogP contribution in [0.25, 0.3) is 16.9 Å². The lowest BCUT2D eigenvalue weighted by Gasteiger charge is -2.26. The highest BCUT2D eigenvalue weighted by atomic mass is 16.5. The van der Waals surface area contributed by atoms with Crippen LogP contribution in [0.1, 0.15) is 22.6 Å². The fraction of sp³-hybridized carbons (Fsp3) is 0.105. The van der Waals surface area contributed by atoms with E-state index in [0.29, 0.717) is 25.6 Å². The number of benzene rings is 4. The standard InChI is InChI=1S/C38H33NO4/c1-29(43-28-38-10-6-25-42-38)31-13-19-35(20-14-31)39(36-21-15-33(16-22-36)32-7-3-2-4-8-32)34-17-11-30(12-18-34)23-26-40-27-37-9-5-24-41-37/h2-22,24-25H,1,23,26-28H2. The van der Waals surface area contributed by atoms with E-state index >= 15 is 0 Å². The van der Waals surface area contributed by atoms with Crippen molar-refractivity contribution in [1.29, 1.82) is 0 Å². The van der Waals surface area contributed by atoms with Gasteiger partial charge in [-0.2, -0.15) is 0 Å². The first kappa shape index (κ1) is 27.9. The van der Waals surface area contributed by atoms with Crippen LogP contribution in [-0.2, 0) is 29.1 Å². The summed E-state index contributed by atoms with van der Waals surface area (Å²) < 4.78 is 22.4. The van der Waals surface area contributed by atoms with Gasteiger partial charge in [-0.1, -0.05) is 61.2 Å². The molecule has 0 aliphatic rings. The minimum absolute atomic E-state index is 0.341. The van der Waals surface area contributed by atoms with E-state index in [4.69, 9.17) is 18.3 Å². The van der Waals surface area contributed by atoms with Crippen LogP contribution in [0.2, 0.25) is 0 Å². The maximum absolute atomic E-state index is 5.85. The van der Waals surface area contributed by atoms with E-state index in [9.17, 15) is 0 Å². The Morgan fingerprint density at radius 2 is 1.14 bits per heavy atom. The number of rotatable bonds is 13. The van der Waals surface area contributed by atoms with E-state index < -0.39 is 0 Å². The second kappa shape index (κ2) is 13.6. The van der Waals surface area contributed by atoms with Gasteiger partial charge in [0.2, 0.25) is 0 Å². The highest BCUT2D eigenvalue weighted by Crippen LogP contribution is 2.36. The molecular weight excluding hydrogens is 534 g/mol. The third-order valence-corrected chi connectivity index (χ3v) is 7.20. The molecular formula is C38H33NO4. The summed E-state index contributed by atoms with van der Waals surface area (Å²) in [6.07, 6.45) is 4.13. The zero-order valence-electron chi connectivity index (χ0n) is 23.9. The molecule has 0 spiro atoms. The average Bonchev–Trinajstić information content (AvgIpc) is 3.79. The molecule has 2 heterocycles. The van der Waals surface area contributed by atoms with Gasteiger partial charge >= 0.3 is 0 Å². The fourth-order valence-electron chi connectivity index (χ4n) is 4.88. The summed E-state index contributed by atoms with van der Waals surface area (Å²) in [4.78, 5) is 2.25. The van der Waals surface area contributed by atoms with Gasteiger partial charge in [0.25, 0.3) is 0 Å². The van der Waals surface area contributed by atoms with Gasteiger partial charge in [-0.05, 0) is 95.9 Å². The molecule has 0 fully saturated rings. The van der Waals surface area contributed by atoms with E-state index in [2.05, 4.69) is 96.4 Å². The molecule has 0 bridgehead atoms. The molecule has 5 heteroatoms. The molecule has 6 aromatic rings. The van der Waals surface area contributed by atoms with Crippen molar-refractivity contribution < 1.29 is 18.3 Å². The summed E-state index contributed by atoms with van der Waals surface area (Å²) in [6.45, 7) is 5.56. The Kier molecular flexibility index (Phi) is 8.82. The third kappa shape index (κ3) is 7.15. The van der Waals surface area contributed by atoms with Gasteiger partial charge < -0.3 is 23.2 Å². The van der Waals surface area contributed by atoms with Crippen LogP contribution < -0.4 is 4.90 Å². The van der Waals surface area contributed by atoms with Crippen molar-refractivity contribution in [1.82, 2.24) is 0 Å². The Morgan fingerprint density at radius 1 is 0.581 bits per heavy atom. The third-order valence-electron chi connectivity index (χ3n) is 7.20. The van der Waals surface area contributed by atoms with Crippen LogP contribution in [0.3, 0.4) is 0 Å². The molecule has 6 rings (SSSR count). The van der Waals surface area contributed by atoms with Gasteiger partial charge in [-0.25, -0.2) is 0 Å². The second-order valence-corrected chi connectivity index (χ2v) is 10.1. The van der Waals surface area contributed by atoms with Gasteiger partial charge in [0, 0.05) is 22.6 Å². The van der Waals surface area contributed by atoms with Crippen molar-refractivity contribution in [2.24, 2.45) is 0 Å². The van der Waals surface area contributed by atoms with Crippen molar-refractivity contribution >= 4 is 22.8 Å². The molecule has 0 atom stereocenters. The molecule has 0 saturated heterocycles. The summed E-state index contributed by atoms with van der Waals surface area (Å²) in [5.41, 5.74) is 7.65. The number of hydrogen-bond acceptors (Lipinski definition) is 5. The van der Waals surface area contributed by atoms with Gasteiger partial charge in [0.1, 0.15) is 30.5 Å². The quantitative estimate of drug-likeness (QED) is 0.103. The molecule has 4 aromatic carbocycles. The number of furan rings is 2. The van der Waals surface area contributed by atoms with Crippen LogP contribution in [0.15, 0.2) is 155 Å². The first-order valence-electron chi connectivity index (χ1n) is 14.3. The molecule has 0 aliphatic carbocycles. The Bertz CT molecular complexity index is 1690. The lowest BCUT2D eigenvalue weighted by atomic mass is 10.0. The summed E-state index contributed by atoms with van der Waals surface area (Å²) in [5.74, 6) is 2.19. The van der Waals surface area contributed by atoms with Crippen molar-refractivity contribution in [3.05, 3.63) is 169 Å². The molecule has 0 amide bonds. The van der Waals surface area contributed by atoms with Gasteiger partial charge in [-0.15, -0.1) is 0 Å². The van der Waals surface area contributed by atoms with E-state index in [1.165, 1.54) is 16.7 Å². The maximum Gasteiger partial charge on any atom is 0.146 e. The maximum atomic E-state index is 5.85. The Morgan fingerprint density at radius 3 is 1.74 bits per heavy atom. The number of hydrogen-bond donors (Lipinski definition) is 0. The van der Waals surface area contributed by atoms with Crippen molar-refractivity contribution in [3.8, 4) is 11.1 Å². The van der Waals surface area contributed by atoms with Crippen LogP contribution >= 0.6 is 0 Å². The monoisotopic (exact) mass is 567 g/mol. The lowest BCUT2D eigenvalue weighted by molar-refractivity contribution is 0.109. The zero-order chi connectivity index (χ0) is 29.3. The SMILES string of the molecule is C=C(OCc1ccco1)c1ccc(N(c2ccc(CCOCc3ccco3)cc2)c2ccc(-c3ccccc3)cc2)cc1. The Balaban J connectivity index is 1.20. The molecule has 5 nitrogen and oxygen atoms in total. The second-order valence-electron chi connectivity index (χ2n) is 10.1. The first-order valence-corrected chi connectivity index (χ1v) is 14.3. The molecule has 2 aromatic heterocycles. The summed E-state index contributed by atoms with van der Waals surface area (Å²) in [6, 6.07) is 43.5. The molecule has 0 radical (unpaired) electrons. The van der Waals surface area contributed by atoms with Gasteiger partial charge in [-0.3, -0.25) is 0 Å². The minimum Gasteiger partial charge on any atom is -0.486 e. The number of nitrogens with zero attached hydrogens (tertiary/aromatic N) is 1. The Hall–Kier alpha value is -5.26. The molecule has 0 saturated carbocycles. The molecule has 0 aliphatic heterocycles. The predicted octanol–water partition coefficient (Wildman–Crippen LogP) is 9.96. The van der Waals surface area contributed by atoms with Crippen LogP contribution in [0.4, 0.5) is 17.1 Å². The topological polar surface area (TPSA) is 48.0 Å². The van der Waals surface area contributed by atoms with Gasteiger partial charge in [0.05, 0.1) is 19.1 Å². The summed E-state index contributed by atoms with van der Waals surface area (Å²) in [5, 5.41) is 0. The Labute approximate surface area is 252 Å². The predicted molar refractivity (Wildman–Crippen MR) is 171 cm³/mol. The van der Waals surface area contributed by atoms with Gasteiger partial charge in [0.15, 0.2) is 0 Å². The normalized spacial score (nSPS) is 10.9. The van der Waals surface area contributed by atoms with Crippen LogP contribution in [-0.4, -0.2) is 6.61 Å². The lowest BCUT2D eigenvalue weighted by Crippen LogP contribution is -2.10. The van der Waals surface area contributed by atoms with Crippen LogP contribution in [0.5, 0.6) is 0 Å². The van der Waals surface area contributed by atoms with E-state index in [-0.39, 0.29) is 0 Å². The smallest absolute Gasteiger partial charge is 0.146 e. The van der Waals surface area contributed by atoms with E-state index in [0.717, 1.165) is 40.6 Å². The molecule has 0 N–H and O–H groups in total. The van der Waals surface area contributed by atoms with Crippen molar-refractivity contribution in [2.45, 2.75) is 19.6 Å². The number of anilines is 3. The van der Waals surface area contributed by atoms with Crippen molar-refractivity contribution in [3.63, 3.8) is 0 Å². The largest absolute Gasteiger partial charge is 0.486 e. The fourth-order valence-corrected chi connectivity index (χ4v) is 4.88. The minimum atomic E-state index is 0.341. The molecule has 0 unspecified atom stereocenters. The van der Waals surface area contributed by atoms with E-state index in [1.54, 1.807) is 12.5 Å². The highest BCUT2D eigenvalue weighted by Gasteiger charge is 2.14. The number of ether oxygens (including phenoxy) is 2. The molecule has 214 valence electrons. The summed E-state index contributed by atoms with van der Waals surface area (Å²) >= 11 is 0.